The normalized spacial score (nSPS) is 18.7. The number of pyridine rings is 1. The van der Waals surface area contributed by atoms with E-state index in [1.165, 1.54) is 11.3 Å². The van der Waals surface area contributed by atoms with Crippen molar-refractivity contribution in [2.45, 2.75) is 23.1 Å². The second-order valence-corrected chi connectivity index (χ2v) is 9.37. The molecule has 1 atom stereocenters. The average Bonchev–Trinajstić information content (AvgIpc) is 3.39. The molecule has 26 heavy (non-hydrogen) atoms. The fourth-order valence-electron chi connectivity index (χ4n) is 3.41. The van der Waals surface area contributed by atoms with E-state index in [1.807, 2.05) is 6.07 Å². The molecule has 4 heterocycles. The van der Waals surface area contributed by atoms with Gasteiger partial charge in [0.1, 0.15) is 10.0 Å². The fraction of sp³-hybridized carbons (Fsp3) is 0.412. The molecule has 0 radical (unpaired) electrons. The van der Waals surface area contributed by atoms with Gasteiger partial charge in [0.2, 0.25) is 0 Å². The predicted molar refractivity (Wildman–Crippen MR) is 99.8 cm³/mol. The molecule has 0 amide bonds. The van der Waals surface area contributed by atoms with Crippen LogP contribution >= 0.6 is 11.3 Å². The molecule has 4 rings (SSSR count). The number of fused-ring (bicyclic) bond motifs is 1. The molecule has 0 bridgehead atoms. The van der Waals surface area contributed by atoms with Crippen LogP contribution in [0.3, 0.4) is 0 Å². The Morgan fingerprint density at radius 3 is 3.04 bits per heavy atom. The highest BCUT2D eigenvalue weighted by molar-refractivity contribution is 7.91. The van der Waals surface area contributed by atoms with Crippen LogP contribution < -0.4 is 0 Å². The maximum absolute atomic E-state index is 12.8. The molecule has 0 aromatic carbocycles. The molecule has 0 aliphatic carbocycles. The lowest BCUT2D eigenvalue weighted by Gasteiger charge is -2.16. The van der Waals surface area contributed by atoms with Crippen LogP contribution in [0, 0.1) is 0 Å². The number of imidazole rings is 1. The molecule has 1 aliphatic rings. The molecule has 0 N–H and O–H groups in total. The molecule has 0 saturated carbocycles. The van der Waals surface area contributed by atoms with Gasteiger partial charge in [0, 0.05) is 38.9 Å². The molecular formula is C17H20N4O3S2. The summed E-state index contributed by atoms with van der Waals surface area (Å²) in [5.41, 5.74) is 1.84. The van der Waals surface area contributed by atoms with Crippen LogP contribution in [0.4, 0.5) is 0 Å². The van der Waals surface area contributed by atoms with Crippen LogP contribution in [-0.2, 0) is 21.3 Å². The van der Waals surface area contributed by atoms with Gasteiger partial charge in [-0.3, -0.25) is 4.98 Å². The van der Waals surface area contributed by atoms with E-state index in [2.05, 4.69) is 9.55 Å². The summed E-state index contributed by atoms with van der Waals surface area (Å²) in [5, 5.41) is 1.79. The molecular weight excluding hydrogens is 372 g/mol. The summed E-state index contributed by atoms with van der Waals surface area (Å²) < 4.78 is 34.9. The van der Waals surface area contributed by atoms with Crippen molar-refractivity contribution in [2.75, 3.05) is 26.8 Å². The SMILES string of the molecule is COCCn1c([C@@H]2CCN(S(=O)(=O)c3cccs3)C2)nc2ccncc21. The maximum atomic E-state index is 12.8. The molecule has 1 aliphatic heterocycles. The van der Waals surface area contributed by atoms with Gasteiger partial charge in [0.05, 0.1) is 23.8 Å². The minimum atomic E-state index is -3.42. The Bertz CT molecular complexity index is 998. The van der Waals surface area contributed by atoms with Gasteiger partial charge in [-0.05, 0) is 23.9 Å². The Morgan fingerprint density at radius 1 is 1.38 bits per heavy atom. The zero-order chi connectivity index (χ0) is 18.1. The first-order valence-electron chi connectivity index (χ1n) is 8.44. The quantitative estimate of drug-likeness (QED) is 0.643. The van der Waals surface area contributed by atoms with E-state index in [1.54, 1.807) is 41.3 Å². The molecule has 1 fully saturated rings. The molecule has 7 nitrogen and oxygen atoms in total. The van der Waals surface area contributed by atoms with Crippen molar-refractivity contribution >= 4 is 32.4 Å². The fourth-order valence-corrected chi connectivity index (χ4v) is 6.06. The van der Waals surface area contributed by atoms with Crippen LogP contribution in [0.25, 0.3) is 11.0 Å². The van der Waals surface area contributed by atoms with E-state index in [-0.39, 0.29) is 5.92 Å². The van der Waals surface area contributed by atoms with Crippen molar-refractivity contribution in [1.29, 1.82) is 0 Å². The Labute approximate surface area is 156 Å². The lowest BCUT2D eigenvalue weighted by molar-refractivity contribution is 0.187. The van der Waals surface area contributed by atoms with Crippen molar-refractivity contribution in [1.82, 2.24) is 18.8 Å². The largest absolute Gasteiger partial charge is 0.383 e. The molecule has 3 aromatic rings. The first kappa shape index (κ1) is 17.6. The zero-order valence-corrected chi connectivity index (χ0v) is 16.0. The van der Waals surface area contributed by atoms with Gasteiger partial charge in [-0.15, -0.1) is 11.3 Å². The van der Waals surface area contributed by atoms with Crippen LogP contribution in [-0.4, -0.2) is 54.1 Å². The van der Waals surface area contributed by atoms with Crippen LogP contribution in [0.5, 0.6) is 0 Å². The number of hydrogen-bond acceptors (Lipinski definition) is 6. The summed E-state index contributed by atoms with van der Waals surface area (Å²) >= 11 is 1.26. The summed E-state index contributed by atoms with van der Waals surface area (Å²) in [6.45, 7) is 2.19. The molecule has 1 saturated heterocycles. The second-order valence-electron chi connectivity index (χ2n) is 6.26. The third-order valence-electron chi connectivity index (χ3n) is 4.70. The number of rotatable bonds is 6. The third kappa shape index (κ3) is 3.05. The summed E-state index contributed by atoms with van der Waals surface area (Å²) in [4.78, 5) is 8.98. The molecule has 3 aromatic heterocycles. The zero-order valence-electron chi connectivity index (χ0n) is 14.4. The smallest absolute Gasteiger partial charge is 0.252 e. The Kier molecular flexibility index (Phi) is 4.78. The van der Waals surface area contributed by atoms with Gasteiger partial charge < -0.3 is 9.30 Å². The molecule has 138 valence electrons. The number of sulfonamides is 1. The standard InChI is InChI=1S/C17H20N4O3S2/c1-24-9-8-21-15-11-18-6-4-14(15)19-17(21)13-5-7-20(12-13)26(22,23)16-3-2-10-25-16/h2-4,6,10-11,13H,5,7-9,12H2,1H3/t13-/m1/s1. The van der Waals surface area contributed by atoms with Gasteiger partial charge in [-0.25, -0.2) is 13.4 Å². The Balaban J connectivity index is 1.65. The minimum absolute atomic E-state index is 0.0639. The van der Waals surface area contributed by atoms with Gasteiger partial charge >= 0.3 is 0 Å². The number of ether oxygens (including phenoxy) is 1. The number of thiophene rings is 1. The summed E-state index contributed by atoms with van der Waals surface area (Å²) in [7, 11) is -1.75. The third-order valence-corrected chi connectivity index (χ3v) is 7.94. The highest BCUT2D eigenvalue weighted by atomic mass is 32.2. The minimum Gasteiger partial charge on any atom is -0.383 e. The Hall–Kier alpha value is -1.81. The topological polar surface area (TPSA) is 77.3 Å². The number of nitrogens with zero attached hydrogens (tertiary/aromatic N) is 4. The Morgan fingerprint density at radius 2 is 2.27 bits per heavy atom. The number of aromatic nitrogens is 3. The van der Waals surface area contributed by atoms with E-state index in [4.69, 9.17) is 9.72 Å². The predicted octanol–water partition coefficient (Wildman–Crippen LogP) is 2.32. The van der Waals surface area contributed by atoms with Crippen LogP contribution in [0.1, 0.15) is 18.2 Å². The van der Waals surface area contributed by atoms with E-state index >= 15 is 0 Å². The van der Waals surface area contributed by atoms with Crippen molar-refractivity contribution < 1.29 is 13.2 Å². The van der Waals surface area contributed by atoms with E-state index < -0.39 is 10.0 Å². The summed E-state index contributed by atoms with van der Waals surface area (Å²) in [6, 6.07) is 5.31. The van der Waals surface area contributed by atoms with Gasteiger partial charge in [0.15, 0.2) is 0 Å². The lowest BCUT2D eigenvalue weighted by Crippen LogP contribution is -2.28. The van der Waals surface area contributed by atoms with Crippen molar-refractivity contribution in [2.24, 2.45) is 0 Å². The first-order valence-corrected chi connectivity index (χ1v) is 10.8. The summed E-state index contributed by atoms with van der Waals surface area (Å²) in [5.74, 6) is 0.975. The second kappa shape index (κ2) is 7.07. The van der Waals surface area contributed by atoms with Crippen LogP contribution in [0.15, 0.2) is 40.2 Å². The van der Waals surface area contributed by atoms with Crippen molar-refractivity contribution in [3.05, 3.63) is 41.8 Å². The monoisotopic (exact) mass is 392 g/mol. The van der Waals surface area contributed by atoms with Crippen molar-refractivity contribution in [3.8, 4) is 0 Å². The average molecular weight is 393 g/mol. The van der Waals surface area contributed by atoms with E-state index in [0.29, 0.717) is 30.5 Å². The first-order chi connectivity index (χ1) is 12.6. The van der Waals surface area contributed by atoms with E-state index in [0.717, 1.165) is 23.3 Å². The van der Waals surface area contributed by atoms with Crippen molar-refractivity contribution in [3.63, 3.8) is 0 Å². The lowest BCUT2D eigenvalue weighted by atomic mass is 10.1. The van der Waals surface area contributed by atoms with Gasteiger partial charge in [0.25, 0.3) is 10.0 Å². The molecule has 9 heteroatoms. The molecule has 0 spiro atoms. The van der Waals surface area contributed by atoms with Gasteiger partial charge in [-0.1, -0.05) is 6.07 Å². The number of methoxy groups -OCH3 is 1. The van der Waals surface area contributed by atoms with Gasteiger partial charge in [-0.2, -0.15) is 4.31 Å². The summed E-state index contributed by atoms with van der Waals surface area (Å²) in [6.07, 6.45) is 4.28. The molecule has 0 unspecified atom stereocenters. The van der Waals surface area contributed by atoms with Crippen LogP contribution in [0.2, 0.25) is 0 Å². The highest BCUT2D eigenvalue weighted by Crippen LogP contribution is 2.33. The number of hydrogen-bond donors (Lipinski definition) is 0. The maximum Gasteiger partial charge on any atom is 0.252 e. The van der Waals surface area contributed by atoms with E-state index in [9.17, 15) is 8.42 Å². The highest BCUT2D eigenvalue weighted by Gasteiger charge is 2.36.